The summed E-state index contributed by atoms with van der Waals surface area (Å²) in [6, 6.07) is 4.58. The minimum atomic E-state index is -3.74. The van der Waals surface area contributed by atoms with Crippen molar-refractivity contribution in [2.45, 2.75) is 38.4 Å². The molecule has 0 aliphatic carbocycles. The van der Waals surface area contributed by atoms with Crippen LogP contribution in [-0.4, -0.2) is 27.6 Å². The van der Waals surface area contributed by atoms with Gasteiger partial charge in [0.2, 0.25) is 0 Å². The van der Waals surface area contributed by atoms with Gasteiger partial charge in [0, 0.05) is 6.42 Å². The molecule has 0 N–H and O–H groups in total. The van der Waals surface area contributed by atoms with Crippen molar-refractivity contribution in [2.75, 3.05) is 13.2 Å². The van der Waals surface area contributed by atoms with E-state index in [1.165, 1.54) is 12.1 Å². The van der Waals surface area contributed by atoms with Crippen molar-refractivity contribution >= 4 is 39.3 Å². The van der Waals surface area contributed by atoms with E-state index < -0.39 is 10.1 Å². The molecule has 0 radical (unpaired) electrons. The highest BCUT2D eigenvalue weighted by molar-refractivity contribution is 7.85. The zero-order valence-electron chi connectivity index (χ0n) is 12.9. The van der Waals surface area contributed by atoms with Gasteiger partial charge >= 0.3 is 5.97 Å². The number of unbranched alkanes of at least 4 members (excludes halogenated alkanes) is 1. The minimum Gasteiger partial charge on any atom is -0.466 e. The summed E-state index contributed by atoms with van der Waals surface area (Å²) in [5, 5.41) is 0.643. The molecule has 0 atom stereocenters. The van der Waals surface area contributed by atoms with Crippen LogP contribution in [0.2, 0.25) is 10.0 Å². The molecule has 0 saturated carbocycles. The van der Waals surface area contributed by atoms with E-state index in [1.807, 2.05) is 6.92 Å². The molecule has 0 heterocycles. The Labute approximate surface area is 147 Å². The smallest absolute Gasteiger partial charge is 0.305 e. The van der Waals surface area contributed by atoms with E-state index in [9.17, 15) is 13.2 Å². The molecule has 0 aliphatic heterocycles. The van der Waals surface area contributed by atoms with Crippen molar-refractivity contribution in [1.29, 1.82) is 0 Å². The number of hydrogen-bond donors (Lipinski definition) is 0. The van der Waals surface area contributed by atoms with E-state index in [4.69, 9.17) is 32.1 Å². The van der Waals surface area contributed by atoms with E-state index in [2.05, 4.69) is 0 Å². The molecule has 0 aromatic heterocycles. The molecule has 0 unspecified atom stereocenters. The number of hydrogen-bond acceptors (Lipinski definition) is 5. The first-order valence-corrected chi connectivity index (χ1v) is 9.64. The minimum absolute atomic E-state index is 0.0630. The van der Waals surface area contributed by atoms with E-state index in [1.54, 1.807) is 6.07 Å². The number of carbonyl (C=O) groups is 1. The number of carbonyl (C=O) groups excluding carboxylic acids is 1. The summed E-state index contributed by atoms with van der Waals surface area (Å²) >= 11 is 11.6. The number of esters is 1. The summed E-state index contributed by atoms with van der Waals surface area (Å²) in [7, 11) is -3.74. The van der Waals surface area contributed by atoms with E-state index in [0.29, 0.717) is 17.2 Å². The van der Waals surface area contributed by atoms with Gasteiger partial charge in [-0.2, -0.15) is 8.42 Å². The van der Waals surface area contributed by atoms with Gasteiger partial charge in [0.1, 0.15) is 5.75 Å². The number of halogens is 2. The second kappa shape index (κ2) is 10.1. The van der Waals surface area contributed by atoms with Crippen molar-refractivity contribution in [2.24, 2.45) is 0 Å². The molecule has 8 heteroatoms. The molecule has 1 rings (SSSR count). The lowest BCUT2D eigenvalue weighted by atomic mass is 10.2. The average Bonchev–Trinajstić information content (AvgIpc) is 2.47. The van der Waals surface area contributed by atoms with Gasteiger partial charge in [0.25, 0.3) is 10.1 Å². The lowest BCUT2D eigenvalue weighted by Gasteiger charge is -2.07. The molecule has 0 amide bonds. The Morgan fingerprint density at radius 2 is 1.87 bits per heavy atom. The van der Waals surface area contributed by atoms with Crippen LogP contribution in [-0.2, 0) is 29.6 Å². The number of benzene rings is 1. The first-order valence-electron chi connectivity index (χ1n) is 7.30. The maximum Gasteiger partial charge on any atom is 0.305 e. The standard InChI is InChI=1S/C15H20Cl2O5S/c1-2-3-8-21-15(18)5-4-9-22-23(19,20)11-12-6-7-13(16)14(17)10-12/h6-7,10H,2-5,8-9,11H2,1H3. The Balaban J connectivity index is 2.32. The molecule has 0 aliphatic rings. The number of rotatable bonds is 10. The van der Waals surface area contributed by atoms with Crippen LogP contribution in [0.3, 0.4) is 0 Å². The predicted molar refractivity (Wildman–Crippen MR) is 90.1 cm³/mol. The lowest BCUT2D eigenvalue weighted by Crippen LogP contribution is -2.12. The first-order chi connectivity index (χ1) is 10.8. The van der Waals surface area contributed by atoms with Crippen LogP contribution in [0, 0.1) is 0 Å². The fraction of sp³-hybridized carbons (Fsp3) is 0.533. The third-order valence-electron chi connectivity index (χ3n) is 2.88. The molecule has 0 saturated heterocycles. The highest BCUT2D eigenvalue weighted by atomic mass is 35.5. The van der Waals surface area contributed by atoms with Crippen molar-refractivity contribution in [3.8, 4) is 0 Å². The number of ether oxygens (including phenoxy) is 1. The highest BCUT2D eigenvalue weighted by Crippen LogP contribution is 2.23. The Morgan fingerprint density at radius 1 is 1.13 bits per heavy atom. The maximum atomic E-state index is 11.8. The molecule has 1 aromatic rings. The fourth-order valence-corrected chi connectivity index (χ4v) is 3.04. The second-order valence-corrected chi connectivity index (χ2v) is 7.40. The summed E-state index contributed by atoms with van der Waals surface area (Å²) in [5.41, 5.74) is 0.485. The van der Waals surface area contributed by atoms with Gasteiger partial charge in [0.15, 0.2) is 0 Å². The van der Waals surface area contributed by atoms with Gasteiger partial charge in [-0.1, -0.05) is 42.6 Å². The van der Waals surface area contributed by atoms with E-state index in [0.717, 1.165) is 12.8 Å². The van der Waals surface area contributed by atoms with Crippen LogP contribution >= 0.6 is 23.2 Å². The van der Waals surface area contributed by atoms with Gasteiger partial charge in [0.05, 0.1) is 23.3 Å². The molecule has 0 bridgehead atoms. The Bertz CT molecular complexity index is 616. The molecule has 0 fully saturated rings. The van der Waals surface area contributed by atoms with Gasteiger partial charge in [-0.25, -0.2) is 0 Å². The normalized spacial score (nSPS) is 11.4. The van der Waals surface area contributed by atoms with Crippen LogP contribution in [0.1, 0.15) is 38.2 Å². The van der Waals surface area contributed by atoms with Crippen LogP contribution in [0.25, 0.3) is 0 Å². The summed E-state index contributed by atoms with van der Waals surface area (Å²) in [6.07, 6.45) is 2.18. The van der Waals surface area contributed by atoms with Gasteiger partial charge in [-0.3, -0.25) is 8.98 Å². The molecule has 5 nitrogen and oxygen atoms in total. The topological polar surface area (TPSA) is 69.7 Å². The molecule has 0 spiro atoms. The monoisotopic (exact) mass is 382 g/mol. The van der Waals surface area contributed by atoms with Crippen molar-refractivity contribution in [1.82, 2.24) is 0 Å². The summed E-state index contributed by atoms with van der Waals surface area (Å²) in [6.45, 7) is 2.33. The summed E-state index contributed by atoms with van der Waals surface area (Å²) in [5.74, 6) is -0.644. The third kappa shape index (κ3) is 8.55. The first kappa shape index (κ1) is 20.2. The van der Waals surface area contributed by atoms with Crippen LogP contribution in [0.4, 0.5) is 0 Å². The third-order valence-corrected chi connectivity index (χ3v) is 4.83. The van der Waals surface area contributed by atoms with Crippen molar-refractivity contribution in [3.05, 3.63) is 33.8 Å². The Kier molecular flexibility index (Phi) is 8.91. The largest absolute Gasteiger partial charge is 0.466 e. The molecule has 1 aromatic carbocycles. The highest BCUT2D eigenvalue weighted by Gasteiger charge is 2.14. The Hall–Kier alpha value is -0.820. The van der Waals surface area contributed by atoms with E-state index >= 15 is 0 Å². The second-order valence-electron chi connectivity index (χ2n) is 4.95. The quantitative estimate of drug-likeness (QED) is 0.347. The lowest BCUT2D eigenvalue weighted by molar-refractivity contribution is -0.144. The Morgan fingerprint density at radius 3 is 2.52 bits per heavy atom. The van der Waals surface area contributed by atoms with Gasteiger partial charge in [-0.15, -0.1) is 0 Å². The molecule has 130 valence electrons. The molecule has 23 heavy (non-hydrogen) atoms. The van der Waals surface area contributed by atoms with Crippen molar-refractivity contribution in [3.63, 3.8) is 0 Å². The van der Waals surface area contributed by atoms with Gasteiger partial charge in [-0.05, 0) is 30.5 Å². The zero-order chi connectivity index (χ0) is 17.3. The summed E-state index contributed by atoms with van der Waals surface area (Å²) < 4.78 is 33.5. The molecular weight excluding hydrogens is 363 g/mol. The maximum absolute atomic E-state index is 11.8. The molecular formula is C15H20Cl2O5S. The summed E-state index contributed by atoms with van der Waals surface area (Å²) in [4.78, 5) is 11.3. The van der Waals surface area contributed by atoms with E-state index in [-0.39, 0.29) is 36.2 Å². The van der Waals surface area contributed by atoms with Gasteiger partial charge < -0.3 is 4.74 Å². The predicted octanol–water partition coefficient (Wildman–Crippen LogP) is 3.96. The zero-order valence-corrected chi connectivity index (χ0v) is 15.2. The van der Waals surface area contributed by atoms with Crippen molar-refractivity contribution < 1.29 is 22.1 Å². The van der Waals surface area contributed by atoms with Crippen LogP contribution in [0.5, 0.6) is 0 Å². The fourth-order valence-electron chi connectivity index (χ4n) is 1.68. The average molecular weight is 383 g/mol. The van der Waals surface area contributed by atoms with Crippen LogP contribution < -0.4 is 0 Å². The SMILES string of the molecule is CCCCOC(=O)CCCOS(=O)(=O)Cc1ccc(Cl)c(Cl)c1. The van der Waals surface area contributed by atoms with Crippen LogP contribution in [0.15, 0.2) is 18.2 Å².